The molecule has 0 bridgehead atoms. The van der Waals surface area contributed by atoms with E-state index in [0.717, 1.165) is 0 Å². The summed E-state index contributed by atoms with van der Waals surface area (Å²) in [7, 11) is -3.38. The van der Waals surface area contributed by atoms with E-state index in [1.807, 2.05) is 0 Å². The molecule has 0 atom stereocenters. The van der Waals surface area contributed by atoms with Crippen molar-refractivity contribution in [2.24, 2.45) is 5.73 Å². The van der Waals surface area contributed by atoms with Gasteiger partial charge in [0.1, 0.15) is 10.6 Å². The summed E-state index contributed by atoms with van der Waals surface area (Å²) >= 11 is 0. The number of phenolic OH excluding ortho intramolecular Hbond substituents is 1. The number of benzene rings is 1. The molecule has 0 saturated carbocycles. The van der Waals surface area contributed by atoms with Crippen molar-refractivity contribution in [2.75, 3.05) is 12.3 Å². The fourth-order valence-electron chi connectivity index (χ4n) is 1.10. The Bertz CT molecular complexity index is 400. The Morgan fingerprint density at radius 2 is 1.93 bits per heavy atom. The molecule has 78 valence electrons. The summed E-state index contributed by atoms with van der Waals surface area (Å²) in [6.07, 6.45) is 0.399. The molecule has 14 heavy (non-hydrogen) atoms. The van der Waals surface area contributed by atoms with Gasteiger partial charge in [-0.3, -0.25) is 0 Å². The van der Waals surface area contributed by atoms with Crippen LogP contribution in [0.1, 0.15) is 6.42 Å². The average molecular weight is 215 g/mol. The number of phenols is 1. The molecule has 1 aromatic carbocycles. The molecule has 0 unspecified atom stereocenters. The van der Waals surface area contributed by atoms with Gasteiger partial charge in [0, 0.05) is 0 Å². The highest BCUT2D eigenvalue weighted by molar-refractivity contribution is 7.91. The van der Waals surface area contributed by atoms with Crippen LogP contribution in [0.4, 0.5) is 0 Å². The van der Waals surface area contributed by atoms with Gasteiger partial charge in [0.15, 0.2) is 9.84 Å². The van der Waals surface area contributed by atoms with Gasteiger partial charge in [-0.15, -0.1) is 0 Å². The SMILES string of the molecule is NCCCS(=O)(=O)c1ccccc1O. The molecule has 3 N–H and O–H groups in total. The number of sulfone groups is 1. The summed E-state index contributed by atoms with van der Waals surface area (Å²) in [5, 5.41) is 9.34. The van der Waals surface area contributed by atoms with E-state index in [1.165, 1.54) is 12.1 Å². The van der Waals surface area contributed by atoms with Gasteiger partial charge >= 0.3 is 0 Å². The van der Waals surface area contributed by atoms with Gasteiger partial charge < -0.3 is 10.8 Å². The second kappa shape index (κ2) is 4.43. The third-order valence-corrected chi connectivity index (χ3v) is 3.66. The number of para-hydroxylation sites is 1. The zero-order valence-corrected chi connectivity index (χ0v) is 8.50. The topological polar surface area (TPSA) is 80.4 Å². The molecule has 0 aliphatic heterocycles. The minimum atomic E-state index is -3.38. The van der Waals surface area contributed by atoms with Crippen LogP contribution in [-0.4, -0.2) is 25.8 Å². The van der Waals surface area contributed by atoms with Crippen LogP contribution in [0.15, 0.2) is 29.2 Å². The predicted molar refractivity (Wildman–Crippen MR) is 53.8 cm³/mol. The Hall–Kier alpha value is -1.07. The lowest BCUT2D eigenvalue weighted by molar-refractivity contribution is 0.458. The molecule has 0 radical (unpaired) electrons. The Kier molecular flexibility index (Phi) is 3.49. The fraction of sp³-hybridized carbons (Fsp3) is 0.333. The minimum absolute atomic E-state index is 0.0200. The Balaban J connectivity index is 2.99. The summed E-state index contributed by atoms with van der Waals surface area (Å²) in [5.74, 6) is -0.231. The van der Waals surface area contributed by atoms with Gasteiger partial charge in [0.05, 0.1) is 5.75 Å². The fourth-order valence-corrected chi connectivity index (χ4v) is 2.54. The maximum Gasteiger partial charge on any atom is 0.182 e. The Labute approximate surface area is 83.3 Å². The van der Waals surface area contributed by atoms with E-state index >= 15 is 0 Å². The molecule has 0 spiro atoms. The first-order chi connectivity index (χ1) is 6.58. The summed E-state index contributed by atoms with van der Waals surface area (Å²) in [6.45, 7) is 0.326. The van der Waals surface area contributed by atoms with Gasteiger partial charge in [-0.25, -0.2) is 8.42 Å². The number of aromatic hydroxyl groups is 1. The van der Waals surface area contributed by atoms with Crippen LogP contribution in [0.25, 0.3) is 0 Å². The van der Waals surface area contributed by atoms with Crippen LogP contribution in [-0.2, 0) is 9.84 Å². The summed E-state index contributed by atoms with van der Waals surface area (Å²) < 4.78 is 23.2. The van der Waals surface area contributed by atoms with E-state index in [0.29, 0.717) is 13.0 Å². The standard InChI is InChI=1S/C9H13NO3S/c10-6-3-7-14(12,13)9-5-2-1-4-8(9)11/h1-2,4-5,11H,3,6-7,10H2. The van der Waals surface area contributed by atoms with Crippen molar-refractivity contribution in [1.29, 1.82) is 0 Å². The van der Waals surface area contributed by atoms with Gasteiger partial charge in [-0.2, -0.15) is 0 Å². The molecule has 0 heterocycles. The summed E-state index contributed by atoms with van der Waals surface area (Å²) in [6, 6.07) is 5.91. The molecule has 0 saturated heterocycles. The highest BCUT2D eigenvalue weighted by Gasteiger charge is 2.16. The highest BCUT2D eigenvalue weighted by Crippen LogP contribution is 2.22. The van der Waals surface area contributed by atoms with E-state index < -0.39 is 9.84 Å². The normalized spacial score (nSPS) is 11.5. The molecule has 0 aliphatic carbocycles. The van der Waals surface area contributed by atoms with E-state index in [2.05, 4.69) is 0 Å². The molecular formula is C9H13NO3S. The quantitative estimate of drug-likeness (QED) is 0.767. The van der Waals surface area contributed by atoms with Crippen molar-refractivity contribution < 1.29 is 13.5 Å². The van der Waals surface area contributed by atoms with Crippen molar-refractivity contribution >= 4 is 9.84 Å². The van der Waals surface area contributed by atoms with Crippen LogP contribution in [0.5, 0.6) is 5.75 Å². The first kappa shape index (κ1) is 11.0. The second-order valence-electron chi connectivity index (χ2n) is 2.93. The van der Waals surface area contributed by atoms with Crippen LogP contribution in [0.3, 0.4) is 0 Å². The average Bonchev–Trinajstić information content (AvgIpc) is 2.15. The maximum atomic E-state index is 11.6. The Morgan fingerprint density at radius 1 is 1.29 bits per heavy atom. The van der Waals surface area contributed by atoms with Crippen LogP contribution >= 0.6 is 0 Å². The smallest absolute Gasteiger partial charge is 0.182 e. The molecule has 1 aromatic rings. The van der Waals surface area contributed by atoms with Gasteiger partial charge in [-0.1, -0.05) is 12.1 Å². The number of rotatable bonds is 4. The molecule has 1 rings (SSSR count). The third-order valence-electron chi connectivity index (χ3n) is 1.82. The van der Waals surface area contributed by atoms with Crippen molar-refractivity contribution in [3.63, 3.8) is 0 Å². The van der Waals surface area contributed by atoms with E-state index in [9.17, 15) is 13.5 Å². The molecule has 0 aromatic heterocycles. The first-order valence-electron chi connectivity index (χ1n) is 4.29. The zero-order chi connectivity index (χ0) is 10.6. The lowest BCUT2D eigenvalue weighted by Gasteiger charge is -2.04. The molecule has 5 heteroatoms. The molecule has 0 fully saturated rings. The predicted octanol–water partition coefficient (Wildman–Crippen LogP) is 0.515. The van der Waals surface area contributed by atoms with E-state index in [1.54, 1.807) is 12.1 Å². The maximum absolute atomic E-state index is 11.6. The highest BCUT2D eigenvalue weighted by atomic mass is 32.2. The monoisotopic (exact) mass is 215 g/mol. The molecular weight excluding hydrogens is 202 g/mol. The van der Waals surface area contributed by atoms with Crippen LogP contribution in [0, 0.1) is 0 Å². The molecule has 0 aliphatic rings. The lowest BCUT2D eigenvalue weighted by atomic mass is 10.3. The lowest BCUT2D eigenvalue weighted by Crippen LogP contribution is -2.11. The second-order valence-corrected chi connectivity index (χ2v) is 5.01. The minimum Gasteiger partial charge on any atom is -0.507 e. The largest absolute Gasteiger partial charge is 0.507 e. The number of nitrogens with two attached hydrogens (primary N) is 1. The van der Waals surface area contributed by atoms with Crippen molar-refractivity contribution in [1.82, 2.24) is 0 Å². The van der Waals surface area contributed by atoms with Gasteiger partial charge in [0.25, 0.3) is 0 Å². The van der Waals surface area contributed by atoms with Crippen LogP contribution in [0.2, 0.25) is 0 Å². The third kappa shape index (κ3) is 2.46. The summed E-state index contributed by atoms with van der Waals surface area (Å²) in [5.41, 5.74) is 5.22. The van der Waals surface area contributed by atoms with Crippen molar-refractivity contribution in [3.05, 3.63) is 24.3 Å². The van der Waals surface area contributed by atoms with Gasteiger partial charge in [-0.05, 0) is 25.1 Å². The molecule has 0 amide bonds. The van der Waals surface area contributed by atoms with Crippen molar-refractivity contribution in [2.45, 2.75) is 11.3 Å². The summed E-state index contributed by atoms with van der Waals surface area (Å²) in [4.78, 5) is -0.0200. The number of hydrogen-bond acceptors (Lipinski definition) is 4. The Morgan fingerprint density at radius 3 is 2.50 bits per heavy atom. The van der Waals surface area contributed by atoms with E-state index in [-0.39, 0.29) is 16.4 Å². The van der Waals surface area contributed by atoms with Crippen LogP contribution < -0.4 is 5.73 Å². The van der Waals surface area contributed by atoms with E-state index in [4.69, 9.17) is 5.73 Å². The zero-order valence-electron chi connectivity index (χ0n) is 7.68. The first-order valence-corrected chi connectivity index (χ1v) is 5.94. The number of hydrogen-bond donors (Lipinski definition) is 2. The molecule has 4 nitrogen and oxygen atoms in total. The van der Waals surface area contributed by atoms with Gasteiger partial charge in [0.2, 0.25) is 0 Å². The van der Waals surface area contributed by atoms with Crippen molar-refractivity contribution in [3.8, 4) is 5.75 Å².